The van der Waals surface area contributed by atoms with Crippen molar-refractivity contribution in [1.29, 1.82) is 0 Å². The van der Waals surface area contributed by atoms with E-state index in [1.807, 2.05) is 38.2 Å². The van der Waals surface area contributed by atoms with Crippen LogP contribution in [0, 0.1) is 5.92 Å². The number of pyridine rings is 1. The first-order chi connectivity index (χ1) is 11.0. The molecule has 1 fully saturated rings. The van der Waals surface area contributed by atoms with Gasteiger partial charge in [0, 0.05) is 47.3 Å². The molecule has 1 aromatic carbocycles. The molecule has 3 rings (SSSR count). The fraction of sp³-hybridized carbons (Fsp3) is 0.444. The van der Waals surface area contributed by atoms with Gasteiger partial charge in [-0.3, -0.25) is 9.78 Å². The van der Waals surface area contributed by atoms with Gasteiger partial charge < -0.3 is 10.2 Å². The number of nitrogens with one attached hydrogen (secondary N) is 1. The number of fused-ring (bicyclic) bond motifs is 1. The Balaban J connectivity index is 1.72. The molecule has 0 saturated carbocycles. The van der Waals surface area contributed by atoms with Crippen molar-refractivity contribution in [3.63, 3.8) is 0 Å². The lowest BCUT2D eigenvalue weighted by Gasteiger charge is -2.34. The molecule has 0 unspecified atom stereocenters. The third-order valence-electron chi connectivity index (χ3n) is 4.39. The van der Waals surface area contributed by atoms with Crippen molar-refractivity contribution in [1.82, 2.24) is 10.3 Å². The van der Waals surface area contributed by atoms with Crippen LogP contribution in [0.2, 0.25) is 5.02 Å². The van der Waals surface area contributed by atoms with E-state index in [1.54, 1.807) is 0 Å². The number of carbonyl (C=O) groups is 1. The number of hydrogen-bond donors (Lipinski definition) is 1. The molecule has 2 heterocycles. The molecule has 0 aliphatic carbocycles. The van der Waals surface area contributed by atoms with E-state index in [-0.39, 0.29) is 17.9 Å². The number of nitrogens with zero attached hydrogens (tertiary/aromatic N) is 2. The first-order valence-corrected chi connectivity index (χ1v) is 8.52. The van der Waals surface area contributed by atoms with Crippen LogP contribution in [-0.2, 0) is 4.79 Å². The Morgan fingerprint density at radius 2 is 2.04 bits per heavy atom. The minimum absolute atomic E-state index is 0.0434. The molecular formula is C18H22ClN3O. The molecule has 0 atom stereocenters. The lowest BCUT2D eigenvalue weighted by Crippen LogP contribution is -2.45. The van der Waals surface area contributed by atoms with E-state index >= 15 is 0 Å². The minimum Gasteiger partial charge on any atom is -0.371 e. The standard InChI is InChI=1S/C18H22ClN3O/c1-12(2)18(23)21-14-6-9-22(10-7-14)17-5-8-20-16-11-13(19)3-4-15(16)17/h3-5,8,11-12,14H,6-7,9-10H2,1-2H3,(H,21,23). The van der Waals surface area contributed by atoms with Gasteiger partial charge in [-0.05, 0) is 37.1 Å². The molecule has 1 aromatic heterocycles. The zero-order valence-corrected chi connectivity index (χ0v) is 14.3. The predicted molar refractivity (Wildman–Crippen MR) is 95.0 cm³/mol. The average molecular weight is 332 g/mol. The topological polar surface area (TPSA) is 45.2 Å². The van der Waals surface area contributed by atoms with E-state index in [1.165, 1.54) is 5.69 Å². The van der Waals surface area contributed by atoms with Crippen LogP contribution in [0.1, 0.15) is 26.7 Å². The second-order valence-corrected chi connectivity index (χ2v) is 6.85. The predicted octanol–water partition coefficient (Wildman–Crippen LogP) is 3.63. The molecule has 1 N–H and O–H groups in total. The van der Waals surface area contributed by atoms with Gasteiger partial charge in [0.25, 0.3) is 0 Å². The molecule has 2 aromatic rings. The summed E-state index contributed by atoms with van der Waals surface area (Å²) in [4.78, 5) is 18.6. The van der Waals surface area contributed by atoms with Gasteiger partial charge in [-0.2, -0.15) is 0 Å². The van der Waals surface area contributed by atoms with Gasteiger partial charge in [-0.25, -0.2) is 0 Å². The maximum Gasteiger partial charge on any atom is 0.222 e. The van der Waals surface area contributed by atoms with Crippen LogP contribution in [0.15, 0.2) is 30.5 Å². The van der Waals surface area contributed by atoms with E-state index in [0.29, 0.717) is 5.02 Å². The summed E-state index contributed by atoms with van der Waals surface area (Å²) in [6.45, 7) is 5.73. The summed E-state index contributed by atoms with van der Waals surface area (Å²) >= 11 is 6.06. The van der Waals surface area contributed by atoms with Gasteiger partial charge in [-0.1, -0.05) is 25.4 Å². The Morgan fingerprint density at radius 1 is 1.30 bits per heavy atom. The number of hydrogen-bond acceptors (Lipinski definition) is 3. The summed E-state index contributed by atoms with van der Waals surface area (Å²) in [5.74, 6) is 0.189. The zero-order valence-electron chi connectivity index (χ0n) is 13.6. The highest BCUT2D eigenvalue weighted by Crippen LogP contribution is 2.29. The number of halogens is 1. The highest BCUT2D eigenvalue weighted by atomic mass is 35.5. The highest BCUT2D eigenvalue weighted by molar-refractivity contribution is 6.31. The normalized spacial score (nSPS) is 16.1. The summed E-state index contributed by atoms with van der Waals surface area (Å²) < 4.78 is 0. The molecule has 4 nitrogen and oxygen atoms in total. The summed E-state index contributed by atoms with van der Waals surface area (Å²) in [6, 6.07) is 8.18. The molecule has 1 aliphatic rings. The Kier molecular flexibility index (Phi) is 4.71. The maximum atomic E-state index is 11.8. The molecule has 23 heavy (non-hydrogen) atoms. The molecule has 1 saturated heterocycles. The highest BCUT2D eigenvalue weighted by Gasteiger charge is 2.22. The van der Waals surface area contributed by atoms with Gasteiger partial charge in [0.2, 0.25) is 5.91 Å². The number of anilines is 1. The van der Waals surface area contributed by atoms with E-state index in [9.17, 15) is 4.79 Å². The Morgan fingerprint density at radius 3 is 2.74 bits per heavy atom. The SMILES string of the molecule is CC(C)C(=O)NC1CCN(c2ccnc3cc(Cl)ccc23)CC1. The molecule has 0 spiro atoms. The summed E-state index contributed by atoms with van der Waals surface area (Å²) in [5.41, 5.74) is 2.12. The number of rotatable bonds is 3. The molecule has 0 bridgehead atoms. The van der Waals surface area contributed by atoms with Crippen molar-refractivity contribution < 1.29 is 4.79 Å². The van der Waals surface area contributed by atoms with Crippen molar-refractivity contribution >= 4 is 34.1 Å². The van der Waals surface area contributed by atoms with Crippen LogP contribution in [0.25, 0.3) is 10.9 Å². The first kappa shape index (κ1) is 16.1. The third kappa shape index (κ3) is 3.58. The van der Waals surface area contributed by atoms with Gasteiger partial charge in [0.15, 0.2) is 0 Å². The van der Waals surface area contributed by atoms with E-state index in [4.69, 9.17) is 11.6 Å². The lowest BCUT2D eigenvalue weighted by atomic mass is 10.0. The van der Waals surface area contributed by atoms with Crippen LogP contribution in [0.3, 0.4) is 0 Å². The summed E-state index contributed by atoms with van der Waals surface area (Å²) in [6.07, 6.45) is 3.77. The van der Waals surface area contributed by atoms with Crippen LogP contribution in [0.4, 0.5) is 5.69 Å². The first-order valence-electron chi connectivity index (χ1n) is 8.14. The van der Waals surface area contributed by atoms with Crippen molar-refractivity contribution in [2.24, 2.45) is 5.92 Å². The van der Waals surface area contributed by atoms with Crippen molar-refractivity contribution in [3.05, 3.63) is 35.5 Å². The third-order valence-corrected chi connectivity index (χ3v) is 4.62. The number of piperidine rings is 1. The fourth-order valence-corrected chi connectivity index (χ4v) is 3.18. The molecule has 1 aliphatic heterocycles. The van der Waals surface area contributed by atoms with Gasteiger partial charge in [-0.15, -0.1) is 0 Å². The number of carbonyl (C=O) groups excluding carboxylic acids is 1. The molecule has 1 amide bonds. The molecule has 122 valence electrons. The average Bonchev–Trinajstić information content (AvgIpc) is 2.54. The maximum absolute atomic E-state index is 11.8. The Hall–Kier alpha value is -1.81. The number of amides is 1. The van der Waals surface area contributed by atoms with Gasteiger partial charge >= 0.3 is 0 Å². The quantitative estimate of drug-likeness (QED) is 0.934. The van der Waals surface area contributed by atoms with Crippen LogP contribution in [-0.4, -0.2) is 30.0 Å². The summed E-state index contributed by atoms with van der Waals surface area (Å²) in [7, 11) is 0. The van der Waals surface area contributed by atoms with Crippen LogP contribution >= 0.6 is 11.6 Å². The molecule has 5 heteroatoms. The monoisotopic (exact) mass is 331 g/mol. The minimum atomic E-state index is 0.0434. The Labute approximate surface area is 141 Å². The van der Waals surface area contributed by atoms with Gasteiger partial charge in [0.1, 0.15) is 0 Å². The van der Waals surface area contributed by atoms with Crippen molar-refractivity contribution in [2.75, 3.05) is 18.0 Å². The van der Waals surface area contributed by atoms with Crippen LogP contribution in [0.5, 0.6) is 0 Å². The second-order valence-electron chi connectivity index (χ2n) is 6.42. The Bertz CT molecular complexity index is 708. The largest absolute Gasteiger partial charge is 0.371 e. The second kappa shape index (κ2) is 6.75. The van der Waals surface area contributed by atoms with Crippen molar-refractivity contribution in [3.8, 4) is 0 Å². The zero-order chi connectivity index (χ0) is 16.4. The molecular weight excluding hydrogens is 310 g/mol. The smallest absolute Gasteiger partial charge is 0.222 e. The van der Waals surface area contributed by atoms with Gasteiger partial charge in [0.05, 0.1) is 5.52 Å². The van der Waals surface area contributed by atoms with E-state index in [0.717, 1.165) is 36.8 Å². The van der Waals surface area contributed by atoms with E-state index in [2.05, 4.69) is 21.3 Å². The molecule has 0 radical (unpaired) electrons. The lowest BCUT2D eigenvalue weighted by molar-refractivity contribution is -0.124. The summed E-state index contributed by atoms with van der Waals surface area (Å²) in [5, 5.41) is 4.97. The van der Waals surface area contributed by atoms with E-state index < -0.39 is 0 Å². The number of aromatic nitrogens is 1. The van der Waals surface area contributed by atoms with Crippen molar-refractivity contribution in [2.45, 2.75) is 32.7 Å². The van der Waals surface area contributed by atoms with Crippen LogP contribution < -0.4 is 10.2 Å². The number of benzene rings is 1. The fourth-order valence-electron chi connectivity index (χ4n) is 3.01.